The van der Waals surface area contributed by atoms with Crippen molar-refractivity contribution in [1.29, 1.82) is 0 Å². The second kappa shape index (κ2) is 9.86. The van der Waals surface area contributed by atoms with Crippen molar-refractivity contribution < 1.29 is 13.9 Å². The summed E-state index contributed by atoms with van der Waals surface area (Å²) >= 11 is 0. The highest BCUT2D eigenvalue weighted by Gasteiger charge is 2.25. The molecule has 1 aromatic carbocycles. The number of anilines is 1. The Labute approximate surface area is 211 Å². The van der Waals surface area contributed by atoms with Gasteiger partial charge in [-0.3, -0.25) is 4.79 Å². The van der Waals surface area contributed by atoms with Gasteiger partial charge >= 0.3 is 0 Å². The van der Waals surface area contributed by atoms with Gasteiger partial charge < -0.3 is 20.2 Å². The highest BCUT2D eigenvalue weighted by molar-refractivity contribution is 5.92. The van der Waals surface area contributed by atoms with Crippen LogP contribution in [0.4, 0.5) is 5.95 Å². The number of hydrogen-bond donors (Lipinski definition) is 2. The fourth-order valence-corrected chi connectivity index (χ4v) is 4.49. The third-order valence-electron chi connectivity index (χ3n) is 6.50. The number of ether oxygens (including phenoxy) is 1. The molecule has 1 saturated heterocycles. The molecular weight excluding hydrogens is 472 g/mol. The topological polar surface area (TPSA) is 138 Å². The molecule has 0 saturated carbocycles. The van der Waals surface area contributed by atoms with Gasteiger partial charge in [0.05, 0.1) is 17.8 Å². The number of furan rings is 1. The minimum absolute atomic E-state index is 0.128. The summed E-state index contributed by atoms with van der Waals surface area (Å²) in [7, 11) is 0. The van der Waals surface area contributed by atoms with Crippen LogP contribution in [0.5, 0.6) is 0 Å². The molecule has 0 radical (unpaired) electrons. The number of benzene rings is 1. The zero-order valence-corrected chi connectivity index (χ0v) is 20.0. The molecule has 6 rings (SSSR count). The summed E-state index contributed by atoms with van der Waals surface area (Å²) in [5, 5.41) is 12.7. The molecule has 4 aromatic heterocycles. The van der Waals surface area contributed by atoms with Gasteiger partial charge in [-0.1, -0.05) is 42.5 Å². The van der Waals surface area contributed by atoms with Crippen LogP contribution >= 0.6 is 0 Å². The summed E-state index contributed by atoms with van der Waals surface area (Å²) in [4.78, 5) is 22.6. The summed E-state index contributed by atoms with van der Waals surface area (Å²) in [5.74, 6) is 1.23. The first-order valence-corrected chi connectivity index (χ1v) is 12.2. The van der Waals surface area contributed by atoms with Gasteiger partial charge in [-0.2, -0.15) is 14.6 Å². The molecule has 1 amide bonds. The third kappa shape index (κ3) is 4.56. The Kier molecular flexibility index (Phi) is 6.11. The average Bonchev–Trinajstić information content (AvgIpc) is 3.69. The lowest BCUT2D eigenvalue weighted by Crippen LogP contribution is -2.37. The van der Waals surface area contributed by atoms with E-state index in [1.807, 2.05) is 42.5 Å². The van der Waals surface area contributed by atoms with Gasteiger partial charge in [-0.05, 0) is 36.5 Å². The van der Waals surface area contributed by atoms with Crippen LogP contribution in [0.2, 0.25) is 0 Å². The van der Waals surface area contributed by atoms with Crippen molar-refractivity contribution >= 4 is 34.6 Å². The number of nitrogens with two attached hydrogens (primary N) is 1. The summed E-state index contributed by atoms with van der Waals surface area (Å²) in [6.45, 7) is 2.02. The minimum atomic E-state index is -0.751. The molecule has 5 heterocycles. The normalized spacial score (nSPS) is 15.6. The monoisotopic (exact) mass is 498 g/mol. The SMILES string of the molecule is Nc1nc2c(cnn2C(/C=C/c2ccccc2)C(=O)NCC2CCOCC2)c2nc(-c3ccco3)nn12. The van der Waals surface area contributed by atoms with Crippen molar-refractivity contribution in [2.45, 2.75) is 18.9 Å². The number of rotatable bonds is 7. The summed E-state index contributed by atoms with van der Waals surface area (Å²) < 4.78 is 13.9. The molecule has 1 fully saturated rings. The van der Waals surface area contributed by atoms with Crippen LogP contribution in [0.3, 0.4) is 0 Å². The Morgan fingerprint density at radius 2 is 1.97 bits per heavy atom. The van der Waals surface area contributed by atoms with Crippen molar-refractivity contribution in [2.75, 3.05) is 25.5 Å². The number of fused-ring (bicyclic) bond motifs is 3. The maximum Gasteiger partial charge on any atom is 0.248 e. The second-order valence-electron chi connectivity index (χ2n) is 8.96. The van der Waals surface area contributed by atoms with Crippen LogP contribution in [0, 0.1) is 5.92 Å². The Hall–Kier alpha value is -4.51. The molecule has 1 aliphatic heterocycles. The van der Waals surface area contributed by atoms with Crippen LogP contribution in [-0.2, 0) is 9.53 Å². The molecule has 0 bridgehead atoms. The van der Waals surface area contributed by atoms with Gasteiger partial charge in [-0.25, -0.2) is 9.67 Å². The van der Waals surface area contributed by atoms with Crippen LogP contribution < -0.4 is 11.1 Å². The fourth-order valence-electron chi connectivity index (χ4n) is 4.49. The first-order chi connectivity index (χ1) is 18.2. The van der Waals surface area contributed by atoms with E-state index in [1.165, 1.54) is 4.52 Å². The van der Waals surface area contributed by atoms with E-state index in [1.54, 1.807) is 29.3 Å². The van der Waals surface area contributed by atoms with Crippen LogP contribution in [0.15, 0.2) is 65.4 Å². The highest BCUT2D eigenvalue weighted by atomic mass is 16.5. The summed E-state index contributed by atoms with van der Waals surface area (Å²) in [6.07, 6.45) is 8.76. The van der Waals surface area contributed by atoms with Gasteiger partial charge in [0.2, 0.25) is 17.7 Å². The van der Waals surface area contributed by atoms with Gasteiger partial charge in [0.25, 0.3) is 0 Å². The molecule has 37 heavy (non-hydrogen) atoms. The predicted molar refractivity (Wildman–Crippen MR) is 137 cm³/mol. The molecule has 0 aliphatic carbocycles. The molecule has 188 valence electrons. The molecule has 1 unspecified atom stereocenters. The van der Waals surface area contributed by atoms with Crippen molar-refractivity contribution in [1.82, 2.24) is 34.7 Å². The zero-order valence-electron chi connectivity index (χ0n) is 20.0. The molecule has 11 heteroatoms. The van der Waals surface area contributed by atoms with Gasteiger partial charge in [-0.15, -0.1) is 5.10 Å². The highest BCUT2D eigenvalue weighted by Crippen LogP contribution is 2.26. The number of nitrogens with zero attached hydrogens (tertiary/aromatic N) is 6. The number of carbonyl (C=O) groups is 1. The number of nitrogens with one attached hydrogen (secondary N) is 1. The first kappa shape index (κ1) is 22.9. The zero-order chi connectivity index (χ0) is 25.2. The lowest BCUT2D eigenvalue weighted by atomic mass is 10.0. The Morgan fingerprint density at radius 1 is 1.14 bits per heavy atom. The van der Waals surface area contributed by atoms with E-state index < -0.39 is 6.04 Å². The van der Waals surface area contributed by atoms with Crippen molar-refractivity contribution in [3.05, 3.63) is 66.6 Å². The molecule has 3 N–H and O–H groups in total. The van der Waals surface area contributed by atoms with E-state index in [0.29, 0.717) is 40.7 Å². The molecule has 0 spiro atoms. The summed E-state index contributed by atoms with van der Waals surface area (Å²) in [5.41, 5.74) is 8.15. The Balaban J connectivity index is 1.38. The smallest absolute Gasteiger partial charge is 0.248 e. The number of nitrogen functional groups attached to an aromatic ring is 1. The molecule has 1 atom stereocenters. The van der Waals surface area contributed by atoms with E-state index in [0.717, 1.165) is 31.6 Å². The van der Waals surface area contributed by atoms with Gasteiger partial charge in [0, 0.05) is 19.8 Å². The quantitative estimate of drug-likeness (QED) is 0.349. The number of hydrogen-bond acceptors (Lipinski definition) is 8. The van der Waals surface area contributed by atoms with E-state index in [2.05, 4.69) is 25.5 Å². The third-order valence-corrected chi connectivity index (χ3v) is 6.50. The maximum absolute atomic E-state index is 13.5. The van der Waals surface area contributed by atoms with E-state index in [-0.39, 0.29) is 11.9 Å². The average molecular weight is 499 g/mol. The van der Waals surface area contributed by atoms with E-state index >= 15 is 0 Å². The van der Waals surface area contributed by atoms with Crippen LogP contribution in [0.25, 0.3) is 34.3 Å². The number of carbonyl (C=O) groups excluding carboxylic acids is 1. The molecule has 5 aromatic rings. The lowest BCUT2D eigenvalue weighted by molar-refractivity contribution is -0.123. The van der Waals surface area contributed by atoms with Crippen molar-refractivity contribution in [3.8, 4) is 11.6 Å². The first-order valence-electron chi connectivity index (χ1n) is 12.2. The fraction of sp³-hybridized carbons (Fsp3) is 0.269. The van der Waals surface area contributed by atoms with E-state index in [9.17, 15) is 4.79 Å². The Bertz CT molecular complexity index is 1550. The largest absolute Gasteiger partial charge is 0.461 e. The van der Waals surface area contributed by atoms with Crippen molar-refractivity contribution in [2.24, 2.45) is 5.92 Å². The van der Waals surface area contributed by atoms with Gasteiger partial charge in [0.1, 0.15) is 0 Å². The van der Waals surface area contributed by atoms with Gasteiger partial charge in [0.15, 0.2) is 23.1 Å². The molecular formula is C26H26N8O3. The summed E-state index contributed by atoms with van der Waals surface area (Å²) in [6, 6.07) is 12.6. The molecule has 1 aliphatic rings. The van der Waals surface area contributed by atoms with E-state index in [4.69, 9.17) is 14.9 Å². The second-order valence-corrected chi connectivity index (χ2v) is 8.96. The van der Waals surface area contributed by atoms with Crippen molar-refractivity contribution in [3.63, 3.8) is 0 Å². The molecule has 11 nitrogen and oxygen atoms in total. The predicted octanol–water partition coefficient (Wildman–Crippen LogP) is 3.11. The van der Waals surface area contributed by atoms with Crippen LogP contribution in [-0.4, -0.2) is 55.0 Å². The lowest BCUT2D eigenvalue weighted by Gasteiger charge is -2.23. The minimum Gasteiger partial charge on any atom is -0.461 e. The maximum atomic E-state index is 13.5. The number of amides is 1. The Morgan fingerprint density at radius 3 is 2.76 bits per heavy atom. The standard InChI is InChI=1S/C26H26N8O3/c27-26-31-24-19(23-30-22(32-34(23)26)21-7-4-12-37-21)16-29-33(24)20(9-8-17-5-2-1-3-6-17)25(35)28-15-18-10-13-36-14-11-18/h1-9,12,16,18,20H,10-11,13-15H2,(H2,27,31)(H,28,35)/b9-8+. The van der Waals surface area contributed by atoms with Crippen LogP contribution in [0.1, 0.15) is 24.4 Å². The number of aromatic nitrogens is 6.